The number of likely N-dealkylation sites (tertiary alicyclic amines) is 1. The van der Waals surface area contributed by atoms with E-state index in [1.54, 1.807) is 7.11 Å². The minimum absolute atomic E-state index is 0.396. The zero-order chi connectivity index (χ0) is 14.4. The van der Waals surface area contributed by atoms with Gasteiger partial charge in [-0.2, -0.15) is 0 Å². The van der Waals surface area contributed by atoms with Crippen LogP contribution in [-0.4, -0.2) is 37.8 Å². The molecule has 1 heterocycles. The molecule has 1 fully saturated rings. The van der Waals surface area contributed by atoms with Crippen LogP contribution in [0.5, 0.6) is 5.75 Å². The molecule has 0 saturated carbocycles. The van der Waals surface area contributed by atoms with E-state index in [4.69, 9.17) is 9.47 Å². The van der Waals surface area contributed by atoms with Crippen molar-refractivity contribution in [2.45, 2.75) is 38.8 Å². The summed E-state index contributed by atoms with van der Waals surface area (Å²) < 4.78 is 12.4. The molecule has 1 aliphatic heterocycles. The summed E-state index contributed by atoms with van der Waals surface area (Å²) in [5.74, 6) is 0.916. The number of piperidine rings is 1. The van der Waals surface area contributed by atoms with E-state index in [1.165, 1.54) is 18.4 Å². The number of hydrogen-bond acceptors (Lipinski definition) is 3. The Bertz CT molecular complexity index is 425. The number of rotatable bonds is 6. The summed E-state index contributed by atoms with van der Waals surface area (Å²) in [7, 11) is 1.71. The first kappa shape index (κ1) is 15.8. The van der Waals surface area contributed by atoms with Crippen molar-refractivity contribution in [1.29, 1.82) is 0 Å². The molecule has 1 atom stereocenters. The first-order valence-corrected chi connectivity index (χ1v) is 8.18. The van der Waals surface area contributed by atoms with Crippen LogP contribution in [0.25, 0.3) is 0 Å². The second-order valence-electron chi connectivity index (χ2n) is 5.33. The molecule has 2 rings (SSSR count). The Labute approximate surface area is 130 Å². The van der Waals surface area contributed by atoms with Crippen LogP contribution in [0.1, 0.15) is 31.7 Å². The number of hydrogen-bond donors (Lipinski definition) is 0. The Morgan fingerprint density at radius 2 is 2.25 bits per heavy atom. The van der Waals surface area contributed by atoms with E-state index in [9.17, 15) is 0 Å². The van der Waals surface area contributed by atoms with Crippen LogP contribution >= 0.6 is 15.9 Å². The quantitative estimate of drug-likeness (QED) is 0.784. The van der Waals surface area contributed by atoms with Gasteiger partial charge in [0.25, 0.3) is 0 Å². The molecule has 0 radical (unpaired) electrons. The lowest BCUT2D eigenvalue weighted by atomic mass is 10.1. The monoisotopic (exact) mass is 341 g/mol. The largest absolute Gasteiger partial charge is 0.497 e. The van der Waals surface area contributed by atoms with Crippen molar-refractivity contribution < 1.29 is 9.47 Å². The van der Waals surface area contributed by atoms with Crippen LogP contribution in [0.2, 0.25) is 0 Å². The summed E-state index contributed by atoms with van der Waals surface area (Å²) in [5.41, 5.74) is 1.28. The van der Waals surface area contributed by atoms with E-state index < -0.39 is 0 Å². The van der Waals surface area contributed by atoms with Gasteiger partial charge in [0.15, 0.2) is 0 Å². The highest BCUT2D eigenvalue weighted by Gasteiger charge is 2.20. The van der Waals surface area contributed by atoms with Crippen LogP contribution in [0.3, 0.4) is 0 Å². The van der Waals surface area contributed by atoms with Gasteiger partial charge in [-0.05, 0) is 49.6 Å². The Kier molecular flexibility index (Phi) is 6.33. The molecule has 112 valence electrons. The molecule has 1 unspecified atom stereocenters. The van der Waals surface area contributed by atoms with Crippen molar-refractivity contribution in [2.75, 3.05) is 26.8 Å². The van der Waals surface area contributed by atoms with Gasteiger partial charge >= 0.3 is 0 Å². The van der Waals surface area contributed by atoms with Crippen molar-refractivity contribution in [1.82, 2.24) is 4.90 Å². The van der Waals surface area contributed by atoms with Gasteiger partial charge in [-0.15, -0.1) is 0 Å². The lowest BCUT2D eigenvalue weighted by Crippen LogP contribution is -2.39. The number of nitrogens with zero attached hydrogens (tertiary/aromatic N) is 1. The predicted octanol–water partition coefficient (Wildman–Crippen LogP) is 3.85. The maximum atomic E-state index is 5.90. The molecule has 0 aromatic heterocycles. The van der Waals surface area contributed by atoms with Crippen LogP contribution in [0.4, 0.5) is 0 Å². The molecule has 0 spiro atoms. The molecule has 1 aromatic rings. The fourth-order valence-electron chi connectivity index (χ4n) is 2.62. The molecule has 0 bridgehead atoms. The van der Waals surface area contributed by atoms with Crippen molar-refractivity contribution >= 4 is 15.9 Å². The third-order valence-corrected chi connectivity index (χ3v) is 4.44. The average molecular weight is 342 g/mol. The Morgan fingerprint density at radius 1 is 1.40 bits per heavy atom. The molecule has 4 heteroatoms. The first-order valence-electron chi connectivity index (χ1n) is 7.39. The lowest BCUT2D eigenvalue weighted by Gasteiger charge is -2.32. The van der Waals surface area contributed by atoms with E-state index in [1.807, 2.05) is 6.07 Å². The molecule has 0 amide bonds. The molecule has 0 aliphatic carbocycles. The minimum atomic E-state index is 0.396. The van der Waals surface area contributed by atoms with Gasteiger partial charge in [-0.25, -0.2) is 0 Å². The van der Waals surface area contributed by atoms with Gasteiger partial charge in [0, 0.05) is 24.2 Å². The maximum Gasteiger partial charge on any atom is 0.119 e. The van der Waals surface area contributed by atoms with Crippen molar-refractivity contribution in [3.63, 3.8) is 0 Å². The summed E-state index contributed by atoms with van der Waals surface area (Å²) in [4.78, 5) is 2.48. The molecule has 3 nitrogen and oxygen atoms in total. The number of benzene rings is 1. The molecule has 0 N–H and O–H groups in total. The Hall–Kier alpha value is -0.580. The first-order chi connectivity index (χ1) is 9.72. The third kappa shape index (κ3) is 4.47. The fraction of sp³-hybridized carbons (Fsp3) is 0.625. The van der Waals surface area contributed by atoms with Crippen molar-refractivity contribution in [2.24, 2.45) is 0 Å². The van der Waals surface area contributed by atoms with Gasteiger partial charge in [0.1, 0.15) is 5.75 Å². The smallest absolute Gasteiger partial charge is 0.119 e. The summed E-state index contributed by atoms with van der Waals surface area (Å²) in [6.45, 7) is 6.17. The highest BCUT2D eigenvalue weighted by molar-refractivity contribution is 9.10. The summed E-state index contributed by atoms with van der Waals surface area (Å²) >= 11 is 3.63. The number of ether oxygens (including phenoxy) is 2. The molecule has 1 aliphatic rings. The normalized spacial score (nSPS) is 20.1. The summed E-state index contributed by atoms with van der Waals surface area (Å²) in [5, 5.41) is 0. The van der Waals surface area contributed by atoms with E-state index in [-0.39, 0.29) is 0 Å². The topological polar surface area (TPSA) is 21.7 Å². The molecule has 1 aromatic carbocycles. The van der Waals surface area contributed by atoms with Crippen LogP contribution in [-0.2, 0) is 11.3 Å². The number of methoxy groups -OCH3 is 1. The summed E-state index contributed by atoms with van der Waals surface area (Å²) in [6.07, 6.45) is 3.90. The van der Waals surface area contributed by atoms with E-state index >= 15 is 0 Å². The SMILES string of the molecule is CCCOC1CCCN(Cc2cc(OC)ccc2Br)C1. The minimum Gasteiger partial charge on any atom is -0.497 e. The standard InChI is InChI=1S/C16H24BrNO2/c1-3-9-20-15-5-4-8-18(12-15)11-13-10-14(19-2)6-7-16(13)17/h6-7,10,15H,3-5,8-9,11-12H2,1-2H3. The molecule has 20 heavy (non-hydrogen) atoms. The lowest BCUT2D eigenvalue weighted by molar-refractivity contribution is -0.00228. The van der Waals surface area contributed by atoms with Crippen LogP contribution < -0.4 is 4.74 Å². The Morgan fingerprint density at radius 3 is 3.00 bits per heavy atom. The van der Waals surface area contributed by atoms with Crippen molar-refractivity contribution in [3.05, 3.63) is 28.2 Å². The summed E-state index contributed by atoms with van der Waals surface area (Å²) in [6, 6.07) is 6.15. The second-order valence-corrected chi connectivity index (χ2v) is 6.18. The van der Waals surface area contributed by atoms with Gasteiger partial charge < -0.3 is 9.47 Å². The van der Waals surface area contributed by atoms with Crippen molar-refractivity contribution in [3.8, 4) is 5.75 Å². The average Bonchev–Trinajstić information content (AvgIpc) is 2.48. The maximum absolute atomic E-state index is 5.90. The van der Waals surface area contributed by atoms with Crippen LogP contribution in [0, 0.1) is 0 Å². The van der Waals surface area contributed by atoms with E-state index in [2.05, 4.69) is 39.9 Å². The zero-order valence-electron chi connectivity index (χ0n) is 12.4. The molecular formula is C16H24BrNO2. The molecule has 1 saturated heterocycles. The Balaban J connectivity index is 1.95. The van der Waals surface area contributed by atoms with Gasteiger partial charge in [-0.1, -0.05) is 22.9 Å². The van der Waals surface area contributed by atoms with Gasteiger partial charge in [0.2, 0.25) is 0 Å². The van der Waals surface area contributed by atoms with E-state index in [0.717, 1.165) is 42.9 Å². The second kappa shape index (κ2) is 8.01. The van der Waals surface area contributed by atoms with Gasteiger partial charge in [0.05, 0.1) is 13.2 Å². The zero-order valence-corrected chi connectivity index (χ0v) is 14.0. The fourth-order valence-corrected chi connectivity index (χ4v) is 2.99. The van der Waals surface area contributed by atoms with E-state index in [0.29, 0.717) is 6.10 Å². The van der Waals surface area contributed by atoms with Gasteiger partial charge in [-0.3, -0.25) is 4.90 Å². The van der Waals surface area contributed by atoms with Crippen LogP contribution in [0.15, 0.2) is 22.7 Å². The number of halogens is 1. The third-order valence-electron chi connectivity index (χ3n) is 3.67. The predicted molar refractivity (Wildman–Crippen MR) is 85.2 cm³/mol. The highest BCUT2D eigenvalue weighted by atomic mass is 79.9. The molecular weight excluding hydrogens is 318 g/mol. The highest BCUT2D eigenvalue weighted by Crippen LogP contribution is 2.25.